The Balaban J connectivity index is 0.00000101. The van der Waals surface area contributed by atoms with Gasteiger partial charge in [-0.1, -0.05) is 5.16 Å². The lowest BCUT2D eigenvalue weighted by Gasteiger charge is -2.40. The molecule has 30 heavy (non-hydrogen) atoms. The minimum atomic E-state index is -0.813. The Morgan fingerprint density at radius 3 is 2.53 bits per heavy atom. The van der Waals surface area contributed by atoms with Crippen molar-refractivity contribution >= 4 is 18.3 Å². The Hall–Kier alpha value is -3.21. The van der Waals surface area contributed by atoms with E-state index in [1.54, 1.807) is 49.0 Å². The zero-order valence-electron chi connectivity index (χ0n) is 17.3. The zero-order valence-corrected chi connectivity index (χ0v) is 17.3. The van der Waals surface area contributed by atoms with Gasteiger partial charge in [-0.05, 0) is 32.8 Å². The van der Waals surface area contributed by atoms with Gasteiger partial charge in [-0.3, -0.25) is 19.1 Å². The molecular weight excluding hydrogens is 394 g/mol. The minimum absolute atomic E-state index is 0.104. The molecule has 11 heteroatoms. The third-order valence-electron chi connectivity index (χ3n) is 5.08. The number of likely N-dealkylation sites (tertiary alicyclic amines) is 1. The number of nitrogens with one attached hydrogen (secondary N) is 1. The van der Waals surface area contributed by atoms with E-state index >= 15 is 0 Å². The van der Waals surface area contributed by atoms with Gasteiger partial charge in [-0.2, -0.15) is 5.10 Å². The quantitative estimate of drug-likeness (QED) is 0.510. The van der Waals surface area contributed by atoms with Crippen molar-refractivity contribution in [2.45, 2.75) is 32.2 Å². The van der Waals surface area contributed by atoms with Crippen LogP contribution in [0.2, 0.25) is 0 Å². The van der Waals surface area contributed by atoms with Gasteiger partial charge in [0.1, 0.15) is 16.9 Å². The standard InChI is InChI=1S/C18H25N5O4.CH2O2/c1-13-15(14(2)27-21-13)16(24)22-10-5-18(6-11-22,23-9-4-7-20-23)17(25)19-8-12-26-3;2-1-3/h4,7,9H,5-6,8,10-12H2,1-3H3,(H,19,25);1H,(H,2,3). The van der Waals surface area contributed by atoms with Crippen molar-refractivity contribution in [3.8, 4) is 0 Å². The summed E-state index contributed by atoms with van der Waals surface area (Å²) < 4.78 is 11.8. The second-order valence-corrected chi connectivity index (χ2v) is 6.83. The Bertz CT molecular complexity index is 820. The predicted molar refractivity (Wildman–Crippen MR) is 105 cm³/mol. The van der Waals surface area contributed by atoms with Crippen molar-refractivity contribution in [3.05, 3.63) is 35.5 Å². The minimum Gasteiger partial charge on any atom is -0.483 e. The predicted octanol–water partition coefficient (Wildman–Crippen LogP) is 0.583. The van der Waals surface area contributed by atoms with E-state index < -0.39 is 5.54 Å². The number of hydrogen-bond donors (Lipinski definition) is 2. The van der Waals surface area contributed by atoms with Gasteiger partial charge >= 0.3 is 0 Å². The van der Waals surface area contributed by atoms with E-state index in [2.05, 4.69) is 15.6 Å². The first-order valence-corrected chi connectivity index (χ1v) is 9.48. The first-order chi connectivity index (χ1) is 14.4. The lowest BCUT2D eigenvalue weighted by molar-refractivity contribution is -0.133. The van der Waals surface area contributed by atoms with E-state index in [0.717, 1.165) is 0 Å². The fraction of sp³-hybridized carbons (Fsp3) is 0.526. The fourth-order valence-electron chi connectivity index (χ4n) is 3.54. The molecular formula is C19H27N5O6. The molecule has 2 aromatic heterocycles. The van der Waals surface area contributed by atoms with Gasteiger partial charge in [0.05, 0.1) is 12.3 Å². The maximum absolute atomic E-state index is 13.0. The molecule has 2 aromatic rings. The zero-order chi connectivity index (χ0) is 22.1. The number of aryl methyl sites for hydroxylation is 2. The SMILES string of the molecule is COCCNC(=O)C1(n2cccn2)CCN(C(=O)c2c(C)noc2C)CC1.O=CO. The first kappa shape index (κ1) is 23.1. The molecule has 3 heterocycles. The van der Waals surface area contributed by atoms with Gasteiger partial charge < -0.3 is 24.6 Å². The number of carbonyl (C=O) groups excluding carboxylic acids is 2. The molecule has 1 aliphatic heterocycles. The summed E-state index contributed by atoms with van der Waals surface area (Å²) >= 11 is 0. The number of carbonyl (C=O) groups is 3. The van der Waals surface area contributed by atoms with Crippen molar-refractivity contribution < 1.29 is 28.8 Å². The molecule has 3 rings (SSSR count). The van der Waals surface area contributed by atoms with E-state index in [1.165, 1.54) is 0 Å². The van der Waals surface area contributed by atoms with Gasteiger partial charge in [0, 0.05) is 39.1 Å². The van der Waals surface area contributed by atoms with Crippen molar-refractivity contribution in [2.24, 2.45) is 0 Å². The number of piperidine rings is 1. The van der Waals surface area contributed by atoms with Crippen LogP contribution < -0.4 is 5.32 Å². The summed E-state index contributed by atoms with van der Waals surface area (Å²) in [5, 5.41) is 18.0. The molecule has 0 saturated carbocycles. The molecule has 1 saturated heterocycles. The normalized spacial score (nSPS) is 15.1. The highest BCUT2D eigenvalue weighted by Crippen LogP contribution is 2.31. The van der Waals surface area contributed by atoms with Crippen molar-refractivity contribution in [3.63, 3.8) is 0 Å². The lowest BCUT2D eigenvalue weighted by atomic mass is 9.86. The van der Waals surface area contributed by atoms with E-state index in [4.69, 9.17) is 19.2 Å². The molecule has 1 fully saturated rings. The number of ether oxygens (including phenoxy) is 1. The summed E-state index contributed by atoms with van der Waals surface area (Å²) in [6.45, 7) is 5.00. The van der Waals surface area contributed by atoms with Gasteiger partial charge in [-0.15, -0.1) is 0 Å². The summed E-state index contributed by atoms with van der Waals surface area (Å²) in [6.07, 6.45) is 4.40. The van der Waals surface area contributed by atoms with Crippen LogP contribution in [0.1, 0.15) is 34.7 Å². The molecule has 11 nitrogen and oxygen atoms in total. The van der Waals surface area contributed by atoms with Crippen LogP contribution in [0, 0.1) is 13.8 Å². The Kier molecular flexibility index (Phi) is 8.10. The molecule has 1 aliphatic rings. The highest BCUT2D eigenvalue weighted by atomic mass is 16.5. The van der Waals surface area contributed by atoms with E-state index in [-0.39, 0.29) is 18.3 Å². The monoisotopic (exact) mass is 421 g/mol. The smallest absolute Gasteiger partial charge is 0.290 e. The van der Waals surface area contributed by atoms with Gasteiger partial charge in [0.15, 0.2) is 0 Å². The molecule has 0 bridgehead atoms. The highest BCUT2D eigenvalue weighted by Gasteiger charge is 2.44. The van der Waals surface area contributed by atoms with Gasteiger partial charge in [-0.25, -0.2) is 0 Å². The van der Waals surface area contributed by atoms with Crippen LogP contribution in [0.4, 0.5) is 0 Å². The van der Waals surface area contributed by atoms with Crippen molar-refractivity contribution in [1.29, 1.82) is 0 Å². The number of hydrogen-bond acceptors (Lipinski definition) is 7. The van der Waals surface area contributed by atoms with E-state index in [9.17, 15) is 9.59 Å². The number of amides is 2. The van der Waals surface area contributed by atoms with E-state index in [0.29, 0.717) is 56.1 Å². The Morgan fingerprint density at radius 1 is 1.37 bits per heavy atom. The van der Waals surface area contributed by atoms with Crippen molar-refractivity contribution in [1.82, 2.24) is 25.2 Å². The first-order valence-electron chi connectivity index (χ1n) is 9.48. The fourth-order valence-corrected chi connectivity index (χ4v) is 3.54. The second kappa shape index (κ2) is 10.5. The summed E-state index contributed by atoms with van der Waals surface area (Å²) in [4.78, 5) is 35.9. The number of methoxy groups -OCH3 is 1. The highest BCUT2D eigenvalue weighted by molar-refractivity contribution is 5.96. The maximum atomic E-state index is 13.0. The largest absolute Gasteiger partial charge is 0.483 e. The Labute approximate surface area is 174 Å². The number of aromatic nitrogens is 3. The number of carboxylic acid groups (broad SMARTS) is 1. The molecule has 0 spiro atoms. The third kappa shape index (κ3) is 4.85. The maximum Gasteiger partial charge on any atom is 0.290 e. The molecule has 2 N–H and O–H groups in total. The molecule has 0 aliphatic carbocycles. The van der Waals surface area contributed by atoms with Crippen molar-refractivity contribution in [2.75, 3.05) is 33.4 Å². The average Bonchev–Trinajstić information content (AvgIpc) is 3.39. The summed E-state index contributed by atoms with van der Waals surface area (Å²) in [7, 11) is 1.59. The van der Waals surface area contributed by atoms with Crippen LogP contribution >= 0.6 is 0 Å². The lowest BCUT2D eigenvalue weighted by Crippen LogP contribution is -2.56. The van der Waals surface area contributed by atoms with Gasteiger partial charge in [0.25, 0.3) is 12.4 Å². The molecule has 2 amide bonds. The number of nitrogens with zero attached hydrogens (tertiary/aromatic N) is 4. The summed E-state index contributed by atoms with van der Waals surface area (Å²) in [6, 6.07) is 1.80. The third-order valence-corrected chi connectivity index (χ3v) is 5.08. The van der Waals surface area contributed by atoms with Crippen LogP contribution in [0.25, 0.3) is 0 Å². The topological polar surface area (TPSA) is 140 Å². The number of rotatable bonds is 6. The average molecular weight is 421 g/mol. The van der Waals surface area contributed by atoms with Crippen LogP contribution in [0.3, 0.4) is 0 Å². The molecule has 0 atom stereocenters. The van der Waals surface area contributed by atoms with E-state index in [1.807, 2.05) is 0 Å². The van der Waals surface area contributed by atoms with Crippen LogP contribution in [-0.2, 0) is 19.9 Å². The molecule has 0 radical (unpaired) electrons. The summed E-state index contributed by atoms with van der Waals surface area (Å²) in [5.41, 5.74) is 0.275. The molecule has 0 unspecified atom stereocenters. The molecule has 0 aromatic carbocycles. The van der Waals surface area contributed by atoms with Crippen LogP contribution in [0.15, 0.2) is 23.0 Å². The second-order valence-electron chi connectivity index (χ2n) is 6.83. The summed E-state index contributed by atoms with van der Waals surface area (Å²) in [5.74, 6) is 0.298. The molecule has 164 valence electrons. The van der Waals surface area contributed by atoms with Crippen LogP contribution in [-0.4, -0.2) is 76.6 Å². The van der Waals surface area contributed by atoms with Gasteiger partial charge in [0.2, 0.25) is 5.91 Å². The Morgan fingerprint density at radius 2 is 2.03 bits per heavy atom. The van der Waals surface area contributed by atoms with Crippen LogP contribution in [0.5, 0.6) is 0 Å².